The largest absolute Gasteiger partial charge is 0.325 e. The molecule has 0 atom stereocenters. The van der Waals surface area contributed by atoms with Crippen molar-refractivity contribution in [3.05, 3.63) is 36.4 Å². The molecule has 8 nitrogen and oxygen atoms in total. The maximum Gasteiger partial charge on any atom is 0.266 e. The normalized spacial score (nSPS) is 11.2. The van der Waals surface area contributed by atoms with E-state index < -0.39 is 10.0 Å². The third-order valence-corrected chi connectivity index (χ3v) is 3.44. The lowest BCUT2D eigenvalue weighted by atomic mass is 10.3. The fourth-order valence-electron chi connectivity index (χ4n) is 1.29. The Balaban J connectivity index is 2.37. The Bertz CT molecular complexity index is 631. The van der Waals surface area contributed by atoms with Crippen molar-refractivity contribution in [2.24, 2.45) is 5.73 Å². The number of sulfonamides is 1. The zero-order chi connectivity index (χ0) is 13.0. The van der Waals surface area contributed by atoms with Gasteiger partial charge in [-0.15, -0.1) is 5.10 Å². The van der Waals surface area contributed by atoms with Crippen molar-refractivity contribution in [2.45, 2.75) is 11.4 Å². The van der Waals surface area contributed by atoms with Crippen molar-refractivity contribution in [2.75, 3.05) is 4.72 Å². The van der Waals surface area contributed by atoms with Crippen LogP contribution in [-0.2, 0) is 16.6 Å². The summed E-state index contributed by atoms with van der Waals surface area (Å²) in [6, 6.07) is 2.92. The molecule has 0 aromatic carbocycles. The lowest BCUT2D eigenvalue weighted by Crippen LogP contribution is -2.18. The molecule has 0 amide bonds. The molecule has 2 aromatic rings. The molecule has 0 bridgehead atoms. The highest BCUT2D eigenvalue weighted by Gasteiger charge is 2.19. The molecule has 94 valence electrons. The number of hydrogen-bond acceptors (Lipinski definition) is 7. The predicted molar refractivity (Wildman–Crippen MR) is 62.8 cm³/mol. The van der Waals surface area contributed by atoms with E-state index in [-0.39, 0.29) is 23.1 Å². The summed E-state index contributed by atoms with van der Waals surface area (Å²) < 4.78 is 26.3. The second-order valence-corrected chi connectivity index (χ2v) is 4.87. The summed E-state index contributed by atoms with van der Waals surface area (Å²) >= 11 is 0. The van der Waals surface area contributed by atoms with E-state index in [9.17, 15) is 8.42 Å². The minimum atomic E-state index is -3.81. The van der Waals surface area contributed by atoms with Crippen LogP contribution in [-0.4, -0.2) is 28.6 Å². The lowest BCUT2D eigenvalue weighted by Gasteiger charge is -2.08. The van der Waals surface area contributed by atoms with Gasteiger partial charge in [-0.3, -0.25) is 4.98 Å². The Labute approximate surface area is 103 Å². The van der Waals surface area contributed by atoms with Crippen molar-refractivity contribution >= 4 is 16.0 Å². The van der Waals surface area contributed by atoms with Crippen molar-refractivity contribution in [3.8, 4) is 0 Å². The zero-order valence-electron chi connectivity index (χ0n) is 9.18. The highest BCUT2D eigenvalue weighted by Crippen LogP contribution is 2.15. The first-order valence-corrected chi connectivity index (χ1v) is 6.42. The molecule has 2 heterocycles. The van der Waals surface area contributed by atoms with Crippen LogP contribution in [0.25, 0.3) is 0 Å². The fraction of sp³-hybridized carbons (Fsp3) is 0.111. The minimum Gasteiger partial charge on any atom is -0.325 e. The van der Waals surface area contributed by atoms with Crippen LogP contribution < -0.4 is 10.5 Å². The third kappa shape index (κ3) is 2.57. The maximum absolute atomic E-state index is 12.1. The Morgan fingerprint density at radius 2 is 2.06 bits per heavy atom. The number of nitrogens with two attached hydrogens (primary N) is 1. The van der Waals surface area contributed by atoms with E-state index in [0.717, 1.165) is 0 Å². The van der Waals surface area contributed by atoms with E-state index in [1.807, 2.05) is 0 Å². The highest BCUT2D eigenvalue weighted by molar-refractivity contribution is 7.92. The van der Waals surface area contributed by atoms with Gasteiger partial charge < -0.3 is 5.73 Å². The van der Waals surface area contributed by atoms with Crippen molar-refractivity contribution in [1.82, 2.24) is 20.2 Å². The molecule has 0 radical (unpaired) electrons. The van der Waals surface area contributed by atoms with E-state index in [2.05, 4.69) is 24.9 Å². The molecular weight excluding hydrogens is 256 g/mol. The lowest BCUT2D eigenvalue weighted by molar-refractivity contribution is 0.598. The number of nitrogens with one attached hydrogen (secondary N) is 1. The summed E-state index contributed by atoms with van der Waals surface area (Å²) in [6.07, 6.45) is 4.15. The van der Waals surface area contributed by atoms with Crippen molar-refractivity contribution in [3.63, 3.8) is 0 Å². The molecule has 18 heavy (non-hydrogen) atoms. The second-order valence-electron chi connectivity index (χ2n) is 3.22. The van der Waals surface area contributed by atoms with Gasteiger partial charge in [0, 0.05) is 12.7 Å². The molecule has 0 fully saturated rings. The van der Waals surface area contributed by atoms with Crippen LogP contribution in [0.3, 0.4) is 0 Å². The molecule has 0 aliphatic carbocycles. The Kier molecular flexibility index (Phi) is 3.44. The number of aromatic nitrogens is 4. The van der Waals surface area contributed by atoms with Gasteiger partial charge >= 0.3 is 0 Å². The Hall–Kier alpha value is -2.13. The van der Waals surface area contributed by atoms with Gasteiger partial charge in [-0.05, 0) is 12.1 Å². The summed E-state index contributed by atoms with van der Waals surface area (Å²) in [6.45, 7) is 0.0188. The Morgan fingerprint density at radius 3 is 2.72 bits per heavy atom. The van der Waals surface area contributed by atoms with Crippen LogP contribution in [0.2, 0.25) is 0 Å². The standard InChI is InChI=1S/C9H10N6O2S/c10-6-7-8(2-1-3-11-7)18(16,17)15-9-12-4-5-13-14-9/h1-5H,6,10H2,(H,12,14,15). The van der Waals surface area contributed by atoms with Crippen LogP contribution in [0, 0.1) is 0 Å². The van der Waals surface area contributed by atoms with E-state index in [4.69, 9.17) is 5.73 Å². The van der Waals surface area contributed by atoms with Crippen LogP contribution >= 0.6 is 0 Å². The highest BCUT2D eigenvalue weighted by atomic mass is 32.2. The van der Waals surface area contributed by atoms with Gasteiger partial charge in [-0.2, -0.15) is 5.10 Å². The summed E-state index contributed by atoms with van der Waals surface area (Å²) in [7, 11) is -3.81. The summed E-state index contributed by atoms with van der Waals surface area (Å²) in [4.78, 5) is 7.63. The van der Waals surface area contributed by atoms with Gasteiger partial charge in [0.2, 0.25) is 0 Å². The molecule has 0 spiro atoms. The third-order valence-electron chi connectivity index (χ3n) is 2.04. The molecule has 2 rings (SSSR count). The number of anilines is 1. The molecule has 9 heteroatoms. The summed E-state index contributed by atoms with van der Waals surface area (Å²) in [5, 5.41) is 7.07. The molecule has 3 N–H and O–H groups in total. The SMILES string of the molecule is NCc1ncccc1S(=O)(=O)Nc1nccnn1. The first-order chi connectivity index (χ1) is 8.63. The average molecular weight is 266 g/mol. The molecule has 0 aliphatic heterocycles. The fourth-order valence-corrected chi connectivity index (χ4v) is 2.44. The van der Waals surface area contributed by atoms with E-state index >= 15 is 0 Å². The van der Waals surface area contributed by atoms with Crippen LogP contribution in [0.5, 0.6) is 0 Å². The number of pyridine rings is 1. The minimum absolute atomic E-state index is 0.0000435. The quantitative estimate of drug-likeness (QED) is 0.766. The van der Waals surface area contributed by atoms with E-state index in [1.165, 1.54) is 30.7 Å². The van der Waals surface area contributed by atoms with Crippen LogP contribution in [0.1, 0.15) is 5.69 Å². The van der Waals surface area contributed by atoms with E-state index in [1.54, 1.807) is 0 Å². The Morgan fingerprint density at radius 1 is 1.22 bits per heavy atom. The molecule has 0 aliphatic rings. The van der Waals surface area contributed by atoms with Gasteiger partial charge in [0.05, 0.1) is 18.1 Å². The second kappa shape index (κ2) is 5.02. The molecule has 0 saturated carbocycles. The number of rotatable bonds is 4. The van der Waals surface area contributed by atoms with Gasteiger partial charge in [-0.25, -0.2) is 18.1 Å². The number of nitrogens with zero attached hydrogens (tertiary/aromatic N) is 4. The number of hydrogen-bond donors (Lipinski definition) is 2. The first kappa shape index (κ1) is 12.3. The predicted octanol–water partition coefficient (Wildman–Crippen LogP) is -0.474. The van der Waals surface area contributed by atoms with Crippen molar-refractivity contribution < 1.29 is 8.42 Å². The maximum atomic E-state index is 12.1. The summed E-state index contributed by atoms with van der Waals surface area (Å²) in [5.41, 5.74) is 5.71. The molecular formula is C9H10N6O2S. The smallest absolute Gasteiger partial charge is 0.266 e. The van der Waals surface area contributed by atoms with Gasteiger partial charge in [-0.1, -0.05) is 0 Å². The van der Waals surface area contributed by atoms with Crippen molar-refractivity contribution in [1.29, 1.82) is 0 Å². The molecule has 0 unspecified atom stereocenters. The van der Waals surface area contributed by atoms with Gasteiger partial charge in [0.1, 0.15) is 4.90 Å². The summed E-state index contributed by atoms with van der Waals surface area (Å²) in [5.74, 6) is -0.107. The molecule has 2 aromatic heterocycles. The monoisotopic (exact) mass is 266 g/mol. The van der Waals surface area contributed by atoms with Gasteiger partial charge in [0.25, 0.3) is 16.0 Å². The first-order valence-electron chi connectivity index (χ1n) is 4.94. The topological polar surface area (TPSA) is 124 Å². The zero-order valence-corrected chi connectivity index (χ0v) is 10.0. The van der Waals surface area contributed by atoms with Crippen LogP contribution in [0.4, 0.5) is 5.95 Å². The van der Waals surface area contributed by atoms with Gasteiger partial charge in [0.15, 0.2) is 0 Å². The average Bonchev–Trinajstić information content (AvgIpc) is 2.39. The van der Waals surface area contributed by atoms with Crippen LogP contribution in [0.15, 0.2) is 35.6 Å². The van der Waals surface area contributed by atoms with E-state index in [0.29, 0.717) is 0 Å². The molecule has 0 saturated heterocycles.